The van der Waals surface area contributed by atoms with E-state index in [2.05, 4.69) is 5.32 Å². The zero-order valence-corrected chi connectivity index (χ0v) is 12.4. The Morgan fingerprint density at radius 1 is 1.52 bits per heavy atom. The molecule has 0 aliphatic carbocycles. The van der Waals surface area contributed by atoms with Crippen LogP contribution in [-0.4, -0.2) is 36.0 Å². The lowest BCUT2D eigenvalue weighted by atomic mass is 10.0. The first-order chi connectivity index (χ1) is 9.86. The number of urea groups is 1. The van der Waals surface area contributed by atoms with Crippen molar-refractivity contribution < 1.29 is 19.2 Å². The first-order valence-electron chi connectivity index (χ1n) is 5.94. The highest BCUT2D eigenvalue weighted by Crippen LogP contribution is 2.36. The van der Waals surface area contributed by atoms with Crippen molar-refractivity contribution in [3.05, 3.63) is 38.4 Å². The molecule has 8 nitrogen and oxygen atoms in total. The molecule has 112 valence electrons. The second kappa shape index (κ2) is 5.52. The van der Waals surface area contributed by atoms with Crippen LogP contribution in [0.15, 0.2) is 23.4 Å². The van der Waals surface area contributed by atoms with E-state index in [9.17, 15) is 19.7 Å². The van der Waals surface area contributed by atoms with Gasteiger partial charge in [-0.15, -0.1) is 0 Å². The predicted molar refractivity (Wildman–Crippen MR) is 74.7 cm³/mol. The summed E-state index contributed by atoms with van der Waals surface area (Å²) in [7, 11) is 2.77. The Balaban J connectivity index is 2.50. The van der Waals surface area contributed by atoms with Crippen LogP contribution in [-0.2, 0) is 9.53 Å². The van der Waals surface area contributed by atoms with Gasteiger partial charge in [0.05, 0.1) is 23.6 Å². The Bertz CT molecular complexity index is 651. The molecule has 0 saturated carbocycles. The lowest BCUT2D eigenvalue weighted by molar-refractivity contribution is -0.380. The van der Waals surface area contributed by atoms with Crippen LogP contribution in [0.4, 0.5) is 9.80 Å². The van der Waals surface area contributed by atoms with Gasteiger partial charge in [0.1, 0.15) is 0 Å². The van der Waals surface area contributed by atoms with Crippen molar-refractivity contribution in [3.8, 4) is 0 Å². The summed E-state index contributed by atoms with van der Waals surface area (Å²) in [5, 5.41) is 13.4. The standard InChI is InChI=1S/C12H13N3O5S/c1-6-9(11(16)20-3)10(13-12(17)14(6)2)7-4-5-8(21-7)15(18)19/h4-5,10H,1-3H3,(H,13,17)/t10-/m0/s1. The molecule has 0 bridgehead atoms. The molecule has 0 spiro atoms. The number of amides is 2. The van der Waals surface area contributed by atoms with Gasteiger partial charge in [0, 0.05) is 23.7 Å². The predicted octanol–water partition coefficient (Wildman–Crippen LogP) is 1.80. The molecule has 0 unspecified atom stereocenters. The fourth-order valence-corrected chi connectivity index (χ4v) is 2.90. The SMILES string of the molecule is COC(=O)C1=C(C)N(C)C(=O)N[C@H]1c1ccc([N+](=O)[O-])s1. The van der Waals surface area contributed by atoms with E-state index in [1.165, 1.54) is 31.2 Å². The van der Waals surface area contributed by atoms with E-state index in [1.54, 1.807) is 6.92 Å². The Morgan fingerprint density at radius 2 is 2.19 bits per heavy atom. The average molecular weight is 311 g/mol. The van der Waals surface area contributed by atoms with Gasteiger partial charge >= 0.3 is 17.0 Å². The van der Waals surface area contributed by atoms with Gasteiger partial charge in [-0.3, -0.25) is 10.1 Å². The van der Waals surface area contributed by atoms with E-state index in [1.807, 2.05) is 0 Å². The molecule has 1 aliphatic heterocycles. The van der Waals surface area contributed by atoms with Crippen molar-refractivity contribution in [2.45, 2.75) is 13.0 Å². The molecule has 1 atom stereocenters. The summed E-state index contributed by atoms with van der Waals surface area (Å²) < 4.78 is 4.75. The number of thiophene rings is 1. The number of hydrogen-bond acceptors (Lipinski definition) is 6. The maximum atomic E-state index is 12.0. The van der Waals surface area contributed by atoms with Crippen LogP contribution < -0.4 is 5.32 Å². The highest BCUT2D eigenvalue weighted by molar-refractivity contribution is 7.15. The maximum Gasteiger partial charge on any atom is 0.338 e. The third-order valence-corrected chi connectivity index (χ3v) is 4.34. The minimum absolute atomic E-state index is 0.0555. The molecule has 0 aromatic carbocycles. The molecule has 0 radical (unpaired) electrons. The van der Waals surface area contributed by atoms with Crippen LogP contribution in [0.25, 0.3) is 0 Å². The zero-order valence-electron chi connectivity index (χ0n) is 11.6. The van der Waals surface area contributed by atoms with Gasteiger partial charge in [0.25, 0.3) is 0 Å². The van der Waals surface area contributed by atoms with Crippen LogP contribution in [0.3, 0.4) is 0 Å². The molecule has 0 saturated heterocycles. The van der Waals surface area contributed by atoms with Crippen molar-refractivity contribution in [1.29, 1.82) is 0 Å². The van der Waals surface area contributed by atoms with Gasteiger partial charge in [0.2, 0.25) is 0 Å². The molecule has 2 rings (SSSR count). The van der Waals surface area contributed by atoms with Crippen molar-refractivity contribution in [3.63, 3.8) is 0 Å². The first kappa shape index (κ1) is 15.0. The summed E-state index contributed by atoms with van der Waals surface area (Å²) in [4.78, 5) is 35.9. The number of ether oxygens (including phenoxy) is 1. The van der Waals surface area contributed by atoms with Crippen molar-refractivity contribution in [2.24, 2.45) is 0 Å². The topological polar surface area (TPSA) is 102 Å². The summed E-state index contributed by atoms with van der Waals surface area (Å²) >= 11 is 0.910. The number of esters is 1. The third-order valence-electron chi connectivity index (χ3n) is 3.24. The number of nitro groups is 1. The largest absolute Gasteiger partial charge is 0.466 e. The maximum absolute atomic E-state index is 12.0. The number of carbonyl (C=O) groups excluding carboxylic acids is 2. The Kier molecular flexibility index (Phi) is 3.94. The van der Waals surface area contributed by atoms with Crippen molar-refractivity contribution >= 4 is 28.3 Å². The summed E-state index contributed by atoms with van der Waals surface area (Å²) in [6.45, 7) is 1.63. The lowest BCUT2D eigenvalue weighted by Gasteiger charge is -2.32. The number of rotatable bonds is 3. The molecule has 1 aromatic rings. The molecule has 1 aliphatic rings. The smallest absolute Gasteiger partial charge is 0.338 e. The van der Waals surface area contributed by atoms with Gasteiger partial charge in [-0.05, 0) is 13.0 Å². The van der Waals surface area contributed by atoms with Crippen molar-refractivity contribution in [1.82, 2.24) is 10.2 Å². The molecule has 0 fully saturated rings. The summed E-state index contributed by atoms with van der Waals surface area (Å²) in [6, 6.07) is 1.73. The average Bonchev–Trinajstić information content (AvgIpc) is 2.93. The molecular formula is C12H13N3O5S. The number of methoxy groups -OCH3 is 1. The van der Waals surface area contributed by atoms with Gasteiger partial charge in [-0.1, -0.05) is 11.3 Å². The zero-order chi connectivity index (χ0) is 15.7. The van der Waals surface area contributed by atoms with E-state index in [0.29, 0.717) is 10.6 Å². The van der Waals surface area contributed by atoms with Crippen molar-refractivity contribution in [2.75, 3.05) is 14.2 Å². The van der Waals surface area contributed by atoms with Crippen LogP contribution in [0, 0.1) is 10.1 Å². The first-order valence-corrected chi connectivity index (χ1v) is 6.76. The molecule has 21 heavy (non-hydrogen) atoms. The molecule has 2 amide bonds. The van der Waals surface area contributed by atoms with E-state index in [4.69, 9.17) is 4.74 Å². The number of hydrogen-bond donors (Lipinski definition) is 1. The number of carbonyl (C=O) groups is 2. The number of nitrogens with one attached hydrogen (secondary N) is 1. The number of nitrogens with zero attached hydrogens (tertiary/aromatic N) is 2. The normalized spacial score (nSPS) is 18.5. The molecular weight excluding hydrogens is 298 g/mol. The Labute approximate surface area is 124 Å². The van der Waals surface area contributed by atoms with Gasteiger partial charge < -0.3 is 15.0 Å². The summed E-state index contributed by atoms with van der Waals surface area (Å²) in [5.74, 6) is -0.583. The van der Waals surface area contributed by atoms with Gasteiger partial charge in [-0.25, -0.2) is 9.59 Å². The highest BCUT2D eigenvalue weighted by Gasteiger charge is 2.36. The molecule has 1 N–H and O–H groups in total. The Morgan fingerprint density at radius 3 is 2.71 bits per heavy atom. The van der Waals surface area contributed by atoms with Crippen LogP contribution in [0.2, 0.25) is 0 Å². The number of allylic oxidation sites excluding steroid dienone is 1. The van der Waals surface area contributed by atoms with E-state index < -0.39 is 16.9 Å². The summed E-state index contributed by atoms with van der Waals surface area (Å²) in [5.41, 5.74) is 0.711. The molecule has 1 aromatic heterocycles. The minimum Gasteiger partial charge on any atom is -0.466 e. The highest BCUT2D eigenvalue weighted by atomic mass is 32.1. The van der Waals surface area contributed by atoms with E-state index in [0.717, 1.165) is 11.3 Å². The molecule has 9 heteroatoms. The quantitative estimate of drug-likeness (QED) is 0.521. The van der Waals surface area contributed by atoms with E-state index >= 15 is 0 Å². The summed E-state index contributed by atoms with van der Waals surface area (Å²) in [6.07, 6.45) is 0. The van der Waals surface area contributed by atoms with E-state index in [-0.39, 0.29) is 16.6 Å². The van der Waals surface area contributed by atoms with Gasteiger partial charge in [0.15, 0.2) is 0 Å². The van der Waals surface area contributed by atoms with Crippen LogP contribution in [0.1, 0.15) is 17.8 Å². The molecule has 2 heterocycles. The third kappa shape index (κ3) is 2.59. The lowest BCUT2D eigenvalue weighted by Crippen LogP contribution is -2.45. The minimum atomic E-state index is -0.750. The monoisotopic (exact) mass is 311 g/mol. The second-order valence-electron chi connectivity index (χ2n) is 4.37. The fourth-order valence-electron chi connectivity index (χ4n) is 2.02. The second-order valence-corrected chi connectivity index (χ2v) is 5.46. The Hall–Kier alpha value is -2.42. The van der Waals surface area contributed by atoms with Gasteiger partial charge in [-0.2, -0.15) is 0 Å². The van der Waals surface area contributed by atoms with Crippen LogP contribution >= 0.6 is 11.3 Å². The van der Waals surface area contributed by atoms with Crippen LogP contribution in [0.5, 0.6) is 0 Å². The fraction of sp³-hybridized carbons (Fsp3) is 0.333.